The van der Waals surface area contributed by atoms with E-state index < -0.39 is 0 Å². The van der Waals surface area contributed by atoms with Crippen molar-refractivity contribution in [3.05, 3.63) is 33.3 Å². The first-order valence-electron chi connectivity index (χ1n) is 7.08. The number of hydrogen-bond acceptors (Lipinski definition) is 4. The van der Waals surface area contributed by atoms with Crippen LogP contribution >= 0.6 is 22.6 Å². The molecule has 1 N–H and O–H groups in total. The molecule has 0 aliphatic heterocycles. The zero-order valence-corrected chi connectivity index (χ0v) is 15.3. The Bertz CT molecular complexity index is 630. The van der Waals surface area contributed by atoms with Gasteiger partial charge in [-0.25, -0.2) is 9.97 Å². The highest BCUT2D eigenvalue weighted by molar-refractivity contribution is 14.1. The Morgan fingerprint density at radius 1 is 1.19 bits per heavy atom. The zero-order chi connectivity index (χ0) is 15.6. The molecule has 2 rings (SSSR count). The molecule has 0 atom stereocenters. The normalized spacial score (nSPS) is 11.5. The van der Waals surface area contributed by atoms with Gasteiger partial charge in [0.1, 0.15) is 5.82 Å². The van der Waals surface area contributed by atoms with Gasteiger partial charge in [-0.15, -0.1) is 0 Å². The Morgan fingerprint density at radius 2 is 1.90 bits per heavy atom. The van der Waals surface area contributed by atoms with Gasteiger partial charge in [0, 0.05) is 29.4 Å². The Hall–Kier alpha value is -1.24. The van der Waals surface area contributed by atoms with Crippen LogP contribution in [-0.2, 0) is 5.41 Å². The summed E-state index contributed by atoms with van der Waals surface area (Å²) in [5.41, 5.74) is 2.97. The van der Waals surface area contributed by atoms with Crippen LogP contribution in [0.5, 0.6) is 0 Å². The van der Waals surface area contributed by atoms with Gasteiger partial charge in [0.15, 0.2) is 5.82 Å². The van der Waals surface area contributed by atoms with Crippen LogP contribution in [0.25, 0.3) is 11.4 Å². The fraction of sp³-hybridized carbons (Fsp3) is 0.438. The van der Waals surface area contributed by atoms with Crippen molar-refractivity contribution >= 4 is 28.4 Å². The minimum absolute atomic E-state index is 0.0312. The maximum atomic E-state index is 4.79. The third-order valence-corrected chi connectivity index (χ3v) is 4.10. The van der Waals surface area contributed by atoms with Gasteiger partial charge in [-0.3, -0.25) is 4.98 Å². The average molecular weight is 396 g/mol. The molecule has 0 bridgehead atoms. The van der Waals surface area contributed by atoms with E-state index in [0.29, 0.717) is 0 Å². The molecule has 0 aliphatic rings. The fourth-order valence-electron chi connectivity index (χ4n) is 1.96. The van der Waals surface area contributed by atoms with Gasteiger partial charge in [-0.2, -0.15) is 0 Å². The third-order valence-electron chi connectivity index (χ3n) is 3.08. The predicted octanol–water partition coefficient (Wildman–Crippen LogP) is 4.18. The molecule has 112 valence electrons. The SMILES string of the molecule is CCNc1nc(-c2ccc(C)nc2)nc(C(C)(C)C)c1I. The molecule has 0 saturated heterocycles. The molecule has 0 fully saturated rings. The summed E-state index contributed by atoms with van der Waals surface area (Å²) in [5, 5.41) is 3.33. The van der Waals surface area contributed by atoms with Gasteiger partial charge in [0.05, 0.1) is 9.26 Å². The summed E-state index contributed by atoms with van der Waals surface area (Å²) in [6.45, 7) is 11.4. The second-order valence-corrected chi connectivity index (χ2v) is 7.11. The van der Waals surface area contributed by atoms with Gasteiger partial charge in [-0.1, -0.05) is 20.8 Å². The van der Waals surface area contributed by atoms with Crippen LogP contribution < -0.4 is 5.32 Å². The van der Waals surface area contributed by atoms with Crippen molar-refractivity contribution in [1.82, 2.24) is 15.0 Å². The second kappa shape index (κ2) is 6.25. The van der Waals surface area contributed by atoms with Crippen molar-refractivity contribution < 1.29 is 0 Å². The van der Waals surface area contributed by atoms with Crippen molar-refractivity contribution in [2.24, 2.45) is 0 Å². The number of rotatable bonds is 3. The molecule has 0 radical (unpaired) electrons. The maximum absolute atomic E-state index is 4.79. The van der Waals surface area contributed by atoms with E-state index in [0.717, 1.165) is 38.7 Å². The number of halogens is 1. The number of anilines is 1. The molecule has 0 amide bonds. The van der Waals surface area contributed by atoms with Gasteiger partial charge < -0.3 is 5.32 Å². The number of nitrogens with one attached hydrogen (secondary N) is 1. The van der Waals surface area contributed by atoms with Crippen LogP contribution in [0.1, 0.15) is 39.1 Å². The summed E-state index contributed by atoms with van der Waals surface area (Å²) in [6, 6.07) is 4.01. The van der Waals surface area contributed by atoms with E-state index in [1.54, 1.807) is 0 Å². The smallest absolute Gasteiger partial charge is 0.163 e. The molecule has 2 aromatic heterocycles. The summed E-state index contributed by atoms with van der Waals surface area (Å²) in [7, 11) is 0. The highest BCUT2D eigenvalue weighted by Gasteiger charge is 2.23. The van der Waals surface area contributed by atoms with Crippen LogP contribution in [0.2, 0.25) is 0 Å². The van der Waals surface area contributed by atoms with Crippen LogP contribution in [0, 0.1) is 10.5 Å². The summed E-state index contributed by atoms with van der Waals surface area (Å²) >= 11 is 2.33. The van der Waals surface area contributed by atoms with Crippen LogP contribution in [-0.4, -0.2) is 21.5 Å². The highest BCUT2D eigenvalue weighted by Crippen LogP contribution is 2.31. The summed E-state index contributed by atoms with van der Waals surface area (Å²) in [4.78, 5) is 13.8. The maximum Gasteiger partial charge on any atom is 0.163 e. The van der Waals surface area contributed by atoms with E-state index in [-0.39, 0.29) is 5.41 Å². The molecule has 2 heterocycles. The first-order valence-corrected chi connectivity index (χ1v) is 8.15. The highest BCUT2D eigenvalue weighted by atomic mass is 127. The topological polar surface area (TPSA) is 50.7 Å². The zero-order valence-electron chi connectivity index (χ0n) is 13.2. The van der Waals surface area contributed by atoms with Crippen molar-refractivity contribution in [3.8, 4) is 11.4 Å². The van der Waals surface area contributed by atoms with Crippen LogP contribution in [0.15, 0.2) is 18.3 Å². The minimum atomic E-state index is -0.0312. The van der Waals surface area contributed by atoms with E-state index in [9.17, 15) is 0 Å². The first kappa shape index (κ1) is 16.1. The molecule has 0 spiro atoms. The van der Waals surface area contributed by atoms with Gasteiger partial charge in [0.25, 0.3) is 0 Å². The Morgan fingerprint density at radius 3 is 2.43 bits per heavy atom. The van der Waals surface area contributed by atoms with Gasteiger partial charge in [0.2, 0.25) is 0 Å². The molecule has 0 unspecified atom stereocenters. The van der Waals surface area contributed by atoms with E-state index in [2.05, 4.69) is 65.6 Å². The largest absolute Gasteiger partial charge is 0.369 e. The lowest BCUT2D eigenvalue weighted by Crippen LogP contribution is -2.19. The number of aromatic nitrogens is 3. The van der Waals surface area contributed by atoms with Crippen LogP contribution in [0.4, 0.5) is 5.82 Å². The Balaban J connectivity index is 2.61. The number of nitrogens with zero attached hydrogens (tertiary/aromatic N) is 3. The van der Waals surface area contributed by atoms with E-state index in [4.69, 9.17) is 4.98 Å². The molecule has 0 aliphatic carbocycles. The fourth-order valence-corrected chi connectivity index (χ4v) is 3.20. The van der Waals surface area contributed by atoms with Gasteiger partial charge >= 0.3 is 0 Å². The van der Waals surface area contributed by atoms with Crippen molar-refractivity contribution in [1.29, 1.82) is 0 Å². The lowest BCUT2D eigenvalue weighted by Gasteiger charge is -2.22. The molecule has 5 heteroatoms. The van der Waals surface area contributed by atoms with Crippen LogP contribution in [0.3, 0.4) is 0 Å². The standard InChI is InChI=1S/C16H21IN4/c1-6-18-15-12(17)13(16(3,4)5)20-14(21-15)11-8-7-10(2)19-9-11/h7-9H,6H2,1-5H3,(H,18,20,21). The summed E-state index contributed by atoms with van der Waals surface area (Å²) < 4.78 is 1.09. The van der Waals surface area contributed by atoms with E-state index in [1.807, 2.05) is 25.3 Å². The average Bonchev–Trinajstić information content (AvgIpc) is 2.41. The van der Waals surface area contributed by atoms with Crippen molar-refractivity contribution in [2.75, 3.05) is 11.9 Å². The number of pyridine rings is 1. The molecule has 2 aromatic rings. The minimum Gasteiger partial charge on any atom is -0.369 e. The molecular weight excluding hydrogens is 375 g/mol. The number of hydrogen-bond donors (Lipinski definition) is 1. The third kappa shape index (κ3) is 3.70. The number of aryl methyl sites for hydroxylation is 1. The monoisotopic (exact) mass is 396 g/mol. The lowest BCUT2D eigenvalue weighted by atomic mass is 9.91. The van der Waals surface area contributed by atoms with E-state index in [1.165, 1.54) is 0 Å². The lowest BCUT2D eigenvalue weighted by molar-refractivity contribution is 0.564. The molecule has 0 aromatic carbocycles. The predicted molar refractivity (Wildman–Crippen MR) is 95.6 cm³/mol. The summed E-state index contributed by atoms with van der Waals surface area (Å²) in [5.74, 6) is 1.62. The molecule has 21 heavy (non-hydrogen) atoms. The molecule has 4 nitrogen and oxygen atoms in total. The summed E-state index contributed by atoms with van der Waals surface area (Å²) in [6.07, 6.45) is 1.83. The second-order valence-electron chi connectivity index (χ2n) is 6.03. The Kier molecular flexibility index (Phi) is 4.81. The van der Waals surface area contributed by atoms with Crippen molar-refractivity contribution in [2.45, 2.75) is 40.0 Å². The van der Waals surface area contributed by atoms with Crippen molar-refractivity contribution in [3.63, 3.8) is 0 Å². The first-order chi connectivity index (χ1) is 9.82. The molecule has 0 saturated carbocycles. The quantitative estimate of drug-likeness (QED) is 0.791. The Labute approximate surface area is 140 Å². The van der Waals surface area contributed by atoms with Gasteiger partial charge in [-0.05, 0) is 48.6 Å². The van der Waals surface area contributed by atoms with E-state index >= 15 is 0 Å². The molecular formula is C16H21IN4.